The lowest BCUT2D eigenvalue weighted by atomic mass is 9.88. The second-order valence-corrected chi connectivity index (χ2v) is 12.8. The molecule has 0 spiro atoms. The molecule has 46 heavy (non-hydrogen) atoms. The molecule has 2 atom stereocenters. The van der Waals surface area contributed by atoms with Gasteiger partial charge in [-0.15, -0.1) is 0 Å². The lowest BCUT2D eigenvalue weighted by Gasteiger charge is -2.32. The quantitative estimate of drug-likeness (QED) is 0.152. The van der Waals surface area contributed by atoms with Crippen molar-refractivity contribution in [3.05, 3.63) is 93.1 Å². The van der Waals surface area contributed by atoms with Crippen LogP contribution in [-0.2, 0) is 17.8 Å². The first-order valence-electron chi connectivity index (χ1n) is 16.2. The lowest BCUT2D eigenvalue weighted by molar-refractivity contribution is -0.128. The Labute approximate surface area is 273 Å². The first-order valence-corrected chi connectivity index (χ1v) is 16.6. The Balaban J connectivity index is 1.17. The zero-order valence-electron chi connectivity index (χ0n) is 26.0. The molecule has 3 aromatic rings. The molecule has 7 nitrogen and oxygen atoms in total. The second-order valence-electron chi connectivity index (χ2n) is 12.4. The summed E-state index contributed by atoms with van der Waals surface area (Å²) in [5, 5.41) is 12.5. The number of ether oxygens (including phenoxy) is 2. The molecule has 1 aromatic heterocycles. The summed E-state index contributed by atoms with van der Waals surface area (Å²) in [6.07, 6.45) is 8.34. The maximum Gasteiger partial charge on any atom is 0.252 e. The Bertz CT molecular complexity index is 1590. The van der Waals surface area contributed by atoms with Crippen LogP contribution < -0.4 is 14.8 Å². The summed E-state index contributed by atoms with van der Waals surface area (Å²) >= 11 is 5.87. The summed E-state index contributed by atoms with van der Waals surface area (Å²) < 4.78 is 39.0. The second kappa shape index (κ2) is 14.5. The summed E-state index contributed by atoms with van der Waals surface area (Å²) in [6, 6.07) is 12.9. The van der Waals surface area contributed by atoms with Gasteiger partial charge in [-0.05, 0) is 92.3 Å². The SMILES string of the molecule is Cc1c(CN(C(=O)C2=C(c3ccc(CCCOc4c(F)ccc(F)c4Cl)cc3)C[C@@H]3CCC2N3)C2CC2)ccnc1OCCCO. The molecule has 2 aliphatic heterocycles. The number of hydrogen-bond donors (Lipinski definition) is 2. The van der Waals surface area contributed by atoms with E-state index in [0.717, 1.165) is 77.6 Å². The molecule has 1 amide bonds. The van der Waals surface area contributed by atoms with Crippen LogP contribution in [0.15, 0.2) is 54.2 Å². The van der Waals surface area contributed by atoms with Crippen molar-refractivity contribution in [2.75, 3.05) is 19.8 Å². The standard InChI is InChI=1S/C36H40ClF2N3O4/c1-22-25(15-16-40-35(22)46-19-3-17-43)21-42(27-10-11-27)36(44)32-28(20-26-9-14-31(32)41-26)24-7-5-23(6-8-24)4-2-18-45-34-30(39)13-12-29(38)33(34)37/h5-8,12-13,15-16,26-27,31,41,43H,2-4,9-11,14,17-21H2,1H3/t26-,31?/m0/s1. The van der Waals surface area contributed by atoms with Crippen molar-refractivity contribution >= 4 is 23.1 Å². The highest BCUT2D eigenvalue weighted by molar-refractivity contribution is 6.32. The summed E-state index contributed by atoms with van der Waals surface area (Å²) in [5.41, 5.74) is 6.08. The third-order valence-electron chi connectivity index (χ3n) is 9.16. The highest BCUT2D eigenvalue weighted by atomic mass is 35.5. The van der Waals surface area contributed by atoms with Gasteiger partial charge < -0.3 is 24.8 Å². The van der Waals surface area contributed by atoms with Crippen LogP contribution in [0.3, 0.4) is 0 Å². The van der Waals surface area contributed by atoms with Crippen LogP contribution in [0, 0.1) is 18.6 Å². The van der Waals surface area contributed by atoms with E-state index in [1.165, 1.54) is 0 Å². The maximum atomic E-state index is 14.5. The van der Waals surface area contributed by atoms with Gasteiger partial charge in [0.25, 0.3) is 5.91 Å². The number of carbonyl (C=O) groups excluding carboxylic acids is 1. The molecule has 1 saturated carbocycles. The number of benzene rings is 2. The summed E-state index contributed by atoms with van der Waals surface area (Å²) in [4.78, 5) is 20.9. The average Bonchev–Trinajstić information content (AvgIpc) is 3.84. The first kappa shape index (κ1) is 32.4. The van der Waals surface area contributed by atoms with Gasteiger partial charge in [-0.2, -0.15) is 0 Å². The number of halogens is 3. The number of aliphatic hydroxyl groups excluding tert-OH is 1. The zero-order valence-corrected chi connectivity index (χ0v) is 26.8. The van der Waals surface area contributed by atoms with Crippen LogP contribution in [0.1, 0.15) is 67.2 Å². The van der Waals surface area contributed by atoms with Gasteiger partial charge in [0.15, 0.2) is 11.6 Å². The van der Waals surface area contributed by atoms with Crippen LogP contribution in [0.25, 0.3) is 5.57 Å². The molecule has 6 rings (SSSR count). The molecule has 3 aliphatic rings. The minimum atomic E-state index is -0.714. The van der Waals surface area contributed by atoms with Crippen molar-refractivity contribution in [2.45, 2.75) is 83.0 Å². The van der Waals surface area contributed by atoms with E-state index in [0.29, 0.717) is 44.3 Å². The number of carbonyl (C=O) groups is 1. The Kier molecular flexibility index (Phi) is 10.2. The molecular weight excluding hydrogens is 612 g/mol. The highest BCUT2D eigenvalue weighted by Crippen LogP contribution is 2.40. The molecular formula is C36H40ClF2N3O4. The van der Waals surface area contributed by atoms with Crippen LogP contribution >= 0.6 is 11.6 Å². The molecule has 10 heteroatoms. The lowest BCUT2D eigenvalue weighted by Crippen LogP contribution is -2.44. The Morgan fingerprint density at radius 3 is 2.54 bits per heavy atom. The van der Waals surface area contributed by atoms with E-state index in [1.54, 1.807) is 6.20 Å². The van der Waals surface area contributed by atoms with Crippen molar-refractivity contribution in [1.29, 1.82) is 0 Å². The Morgan fingerprint density at radius 2 is 1.78 bits per heavy atom. The van der Waals surface area contributed by atoms with E-state index in [4.69, 9.17) is 26.2 Å². The average molecular weight is 652 g/mol. The Hall–Kier alpha value is -3.53. The minimum Gasteiger partial charge on any atom is -0.489 e. The number of pyridine rings is 1. The smallest absolute Gasteiger partial charge is 0.252 e. The Morgan fingerprint density at radius 1 is 1.02 bits per heavy atom. The number of aliphatic hydroxyl groups is 1. The van der Waals surface area contributed by atoms with E-state index in [9.17, 15) is 13.6 Å². The van der Waals surface area contributed by atoms with Crippen molar-refractivity contribution in [3.63, 3.8) is 0 Å². The normalized spacial score (nSPS) is 19.0. The molecule has 3 heterocycles. The van der Waals surface area contributed by atoms with Crippen LogP contribution in [-0.4, -0.2) is 58.8 Å². The van der Waals surface area contributed by atoms with Crippen molar-refractivity contribution in [3.8, 4) is 11.6 Å². The molecule has 2 aromatic carbocycles. The molecule has 2 fully saturated rings. The third-order valence-corrected chi connectivity index (χ3v) is 9.51. The van der Waals surface area contributed by atoms with E-state index in [-0.39, 0.29) is 42.0 Å². The predicted molar refractivity (Wildman–Crippen MR) is 173 cm³/mol. The number of hydrogen-bond acceptors (Lipinski definition) is 6. The van der Waals surface area contributed by atoms with E-state index >= 15 is 0 Å². The van der Waals surface area contributed by atoms with Gasteiger partial charge in [-0.3, -0.25) is 4.79 Å². The molecule has 2 N–H and O–H groups in total. The van der Waals surface area contributed by atoms with Gasteiger partial charge in [0.1, 0.15) is 10.8 Å². The minimum absolute atomic E-state index is 0.0327. The van der Waals surface area contributed by atoms with E-state index < -0.39 is 11.6 Å². The third kappa shape index (κ3) is 7.22. The number of nitrogens with zero attached hydrogens (tertiary/aromatic N) is 2. The number of fused-ring (bicyclic) bond motifs is 2. The molecule has 2 bridgehead atoms. The molecule has 1 aliphatic carbocycles. The van der Waals surface area contributed by atoms with Gasteiger partial charge >= 0.3 is 0 Å². The van der Waals surface area contributed by atoms with Gasteiger partial charge in [0.2, 0.25) is 5.88 Å². The summed E-state index contributed by atoms with van der Waals surface area (Å²) in [6.45, 7) is 3.12. The maximum absolute atomic E-state index is 14.5. The fraction of sp³-hybridized carbons (Fsp3) is 0.444. The number of aromatic nitrogens is 1. The van der Waals surface area contributed by atoms with Crippen molar-refractivity contribution in [1.82, 2.24) is 15.2 Å². The predicted octanol–water partition coefficient (Wildman–Crippen LogP) is 6.56. The van der Waals surface area contributed by atoms with Gasteiger partial charge in [-0.25, -0.2) is 13.8 Å². The number of aryl methyl sites for hydroxylation is 1. The monoisotopic (exact) mass is 651 g/mol. The molecule has 0 radical (unpaired) electrons. The number of rotatable bonds is 14. The van der Waals surface area contributed by atoms with Gasteiger partial charge in [0.05, 0.1) is 13.2 Å². The fourth-order valence-electron chi connectivity index (χ4n) is 6.49. The topological polar surface area (TPSA) is 83.9 Å². The fourth-order valence-corrected chi connectivity index (χ4v) is 6.69. The molecule has 244 valence electrons. The van der Waals surface area contributed by atoms with Crippen LogP contribution in [0.4, 0.5) is 8.78 Å². The molecule has 1 saturated heterocycles. The van der Waals surface area contributed by atoms with E-state index in [2.05, 4.69) is 34.6 Å². The summed E-state index contributed by atoms with van der Waals surface area (Å²) in [7, 11) is 0. The zero-order chi connectivity index (χ0) is 32.2. The van der Waals surface area contributed by atoms with Crippen LogP contribution in [0.5, 0.6) is 11.6 Å². The van der Waals surface area contributed by atoms with E-state index in [1.807, 2.05) is 17.9 Å². The van der Waals surface area contributed by atoms with Gasteiger partial charge in [0, 0.05) is 55.0 Å². The van der Waals surface area contributed by atoms with Crippen molar-refractivity contribution in [2.24, 2.45) is 0 Å². The molecule has 1 unspecified atom stereocenters. The van der Waals surface area contributed by atoms with Gasteiger partial charge in [-0.1, -0.05) is 35.9 Å². The van der Waals surface area contributed by atoms with Crippen LogP contribution in [0.2, 0.25) is 5.02 Å². The first-order chi connectivity index (χ1) is 22.3. The summed E-state index contributed by atoms with van der Waals surface area (Å²) in [5.74, 6) is -1.02. The number of nitrogens with one attached hydrogen (secondary N) is 1. The number of amides is 1. The van der Waals surface area contributed by atoms with Crippen molar-refractivity contribution < 1.29 is 28.2 Å². The largest absolute Gasteiger partial charge is 0.489 e. The highest BCUT2D eigenvalue weighted by Gasteiger charge is 2.42.